The van der Waals surface area contributed by atoms with Crippen molar-refractivity contribution in [2.75, 3.05) is 13.1 Å². The maximum absolute atomic E-state index is 12.5. The van der Waals surface area contributed by atoms with Crippen LogP contribution in [0.3, 0.4) is 0 Å². The number of piperidine rings is 1. The van der Waals surface area contributed by atoms with E-state index in [0.29, 0.717) is 30.4 Å². The van der Waals surface area contributed by atoms with E-state index in [9.17, 15) is 9.59 Å². The average Bonchev–Trinajstić information content (AvgIpc) is 3.33. The number of hydrogen-bond donors (Lipinski definition) is 1. The smallest absolute Gasteiger partial charge is 0.255 e. The fraction of sp³-hybridized carbons (Fsp3) is 0.294. The standard InChI is InChI=1S/C17H16N4O4/c22-14-2-1-12(9-18-14)17(23)21-6-3-11(4-7-21)15-19-20-16(25-15)13-5-8-24-10-13/h1-2,5,8-11H,3-4,6-7H2,(H,18,22). The molecule has 0 radical (unpaired) electrons. The summed E-state index contributed by atoms with van der Waals surface area (Å²) in [6.45, 7) is 1.21. The van der Waals surface area contributed by atoms with Crippen LogP contribution in [0.2, 0.25) is 0 Å². The zero-order valence-corrected chi connectivity index (χ0v) is 13.3. The second-order valence-electron chi connectivity index (χ2n) is 5.97. The van der Waals surface area contributed by atoms with Crippen LogP contribution in [0.25, 0.3) is 11.5 Å². The number of carbonyl (C=O) groups is 1. The summed E-state index contributed by atoms with van der Waals surface area (Å²) < 4.78 is 10.8. The van der Waals surface area contributed by atoms with Crippen molar-refractivity contribution in [3.05, 3.63) is 58.7 Å². The number of H-pyrrole nitrogens is 1. The molecule has 128 valence electrons. The quantitative estimate of drug-likeness (QED) is 0.782. The molecule has 3 aromatic rings. The first kappa shape index (κ1) is 15.4. The van der Waals surface area contributed by atoms with Gasteiger partial charge in [-0.15, -0.1) is 10.2 Å². The average molecular weight is 340 g/mol. The van der Waals surface area contributed by atoms with Crippen LogP contribution in [0, 0.1) is 0 Å². The van der Waals surface area contributed by atoms with Gasteiger partial charge in [-0.1, -0.05) is 0 Å². The Morgan fingerprint density at radius 3 is 2.72 bits per heavy atom. The van der Waals surface area contributed by atoms with Gasteiger partial charge in [0.25, 0.3) is 11.8 Å². The normalized spacial score (nSPS) is 15.4. The van der Waals surface area contributed by atoms with E-state index < -0.39 is 0 Å². The summed E-state index contributed by atoms with van der Waals surface area (Å²) in [6.07, 6.45) is 6.07. The molecule has 8 heteroatoms. The number of hydrogen-bond acceptors (Lipinski definition) is 6. The minimum absolute atomic E-state index is 0.0840. The summed E-state index contributed by atoms with van der Waals surface area (Å²) in [6, 6.07) is 4.67. The van der Waals surface area contributed by atoms with E-state index >= 15 is 0 Å². The Balaban J connectivity index is 1.40. The lowest BCUT2D eigenvalue weighted by Gasteiger charge is -2.30. The number of furan rings is 1. The van der Waals surface area contributed by atoms with Crippen molar-refractivity contribution < 1.29 is 13.6 Å². The zero-order valence-electron chi connectivity index (χ0n) is 13.3. The van der Waals surface area contributed by atoms with Gasteiger partial charge >= 0.3 is 0 Å². The van der Waals surface area contributed by atoms with Gasteiger partial charge in [-0.2, -0.15) is 0 Å². The molecule has 4 heterocycles. The molecule has 0 unspecified atom stereocenters. The fourth-order valence-corrected chi connectivity index (χ4v) is 2.96. The van der Waals surface area contributed by atoms with Crippen molar-refractivity contribution in [1.82, 2.24) is 20.1 Å². The van der Waals surface area contributed by atoms with Gasteiger partial charge in [-0.05, 0) is 25.0 Å². The molecule has 0 bridgehead atoms. The van der Waals surface area contributed by atoms with Gasteiger partial charge in [0.05, 0.1) is 17.4 Å². The molecule has 1 saturated heterocycles. The lowest BCUT2D eigenvalue weighted by atomic mass is 9.96. The fourth-order valence-electron chi connectivity index (χ4n) is 2.96. The van der Waals surface area contributed by atoms with Crippen LogP contribution in [0.4, 0.5) is 0 Å². The van der Waals surface area contributed by atoms with Crippen LogP contribution >= 0.6 is 0 Å². The highest BCUT2D eigenvalue weighted by Crippen LogP contribution is 2.29. The number of pyridine rings is 1. The molecule has 8 nitrogen and oxygen atoms in total. The molecule has 0 saturated carbocycles. The highest BCUT2D eigenvalue weighted by Gasteiger charge is 2.28. The maximum atomic E-state index is 12.5. The molecule has 1 aliphatic heterocycles. The van der Waals surface area contributed by atoms with Gasteiger partial charge in [0.15, 0.2) is 0 Å². The second kappa shape index (κ2) is 6.39. The Morgan fingerprint density at radius 1 is 1.20 bits per heavy atom. The Labute approximate surface area is 142 Å². The van der Waals surface area contributed by atoms with Gasteiger partial charge < -0.3 is 18.7 Å². The number of nitrogens with zero attached hydrogens (tertiary/aromatic N) is 3. The topological polar surface area (TPSA) is 105 Å². The number of aromatic nitrogens is 3. The number of rotatable bonds is 3. The molecule has 25 heavy (non-hydrogen) atoms. The molecule has 3 aromatic heterocycles. The third-order valence-corrected chi connectivity index (χ3v) is 4.37. The van der Waals surface area contributed by atoms with Crippen molar-refractivity contribution in [2.45, 2.75) is 18.8 Å². The maximum Gasteiger partial charge on any atom is 0.255 e. The Morgan fingerprint density at radius 2 is 2.04 bits per heavy atom. The van der Waals surface area contributed by atoms with Crippen molar-refractivity contribution in [2.24, 2.45) is 0 Å². The number of aromatic amines is 1. The molecule has 0 aliphatic carbocycles. The minimum atomic E-state index is -0.222. The predicted octanol–water partition coefficient (Wildman–Crippen LogP) is 2.04. The Bertz CT molecular complexity index is 900. The Kier molecular flexibility index (Phi) is 3.93. The molecular formula is C17H16N4O4. The zero-order chi connectivity index (χ0) is 17.2. The first-order chi connectivity index (χ1) is 12.2. The van der Waals surface area contributed by atoms with Crippen LogP contribution in [0.15, 0.2) is 50.6 Å². The van der Waals surface area contributed by atoms with Crippen LogP contribution in [0.1, 0.15) is 35.0 Å². The lowest BCUT2D eigenvalue weighted by molar-refractivity contribution is 0.0706. The van der Waals surface area contributed by atoms with E-state index in [1.54, 1.807) is 29.6 Å². The van der Waals surface area contributed by atoms with Gasteiger partial charge in [-0.25, -0.2) is 0 Å². The van der Waals surface area contributed by atoms with E-state index in [0.717, 1.165) is 18.4 Å². The summed E-state index contributed by atoms with van der Waals surface area (Å²) in [5.41, 5.74) is 1.02. The van der Waals surface area contributed by atoms with E-state index in [-0.39, 0.29) is 17.4 Å². The van der Waals surface area contributed by atoms with Crippen LogP contribution in [-0.2, 0) is 0 Å². The van der Waals surface area contributed by atoms with Crippen molar-refractivity contribution >= 4 is 5.91 Å². The molecule has 0 atom stereocenters. The van der Waals surface area contributed by atoms with Crippen molar-refractivity contribution in [3.8, 4) is 11.5 Å². The van der Waals surface area contributed by atoms with Gasteiger partial charge in [0.1, 0.15) is 6.26 Å². The molecule has 4 rings (SSSR count). The summed E-state index contributed by atoms with van der Waals surface area (Å²) in [7, 11) is 0. The summed E-state index contributed by atoms with van der Waals surface area (Å²) in [5, 5.41) is 8.18. The predicted molar refractivity (Wildman–Crippen MR) is 86.9 cm³/mol. The first-order valence-electron chi connectivity index (χ1n) is 8.05. The Hall–Kier alpha value is -3.16. The molecular weight excluding hydrogens is 324 g/mol. The summed E-state index contributed by atoms with van der Waals surface area (Å²) in [4.78, 5) is 27.9. The van der Waals surface area contributed by atoms with Crippen LogP contribution < -0.4 is 5.56 Å². The van der Waals surface area contributed by atoms with Crippen molar-refractivity contribution in [1.29, 1.82) is 0 Å². The van der Waals surface area contributed by atoms with Gasteiger partial charge in [0.2, 0.25) is 11.4 Å². The minimum Gasteiger partial charge on any atom is -0.472 e. The molecule has 1 fully saturated rings. The third-order valence-electron chi connectivity index (χ3n) is 4.37. The molecule has 1 N–H and O–H groups in total. The van der Waals surface area contributed by atoms with E-state index in [2.05, 4.69) is 15.2 Å². The monoisotopic (exact) mass is 340 g/mol. The van der Waals surface area contributed by atoms with E-state index in [1.165, 1.54) is 12.3 Å². The van der Waals surface area contributed by atoms with Gasteiger partial charge in [0, 0.05) is 31.3 Å². The third kappa shape index (κ3) is 3.10. The largest absolute Gasteiger partial charge is 0.472 e. The number of carbonyl (C=O) groups excluding carboxylic acids is 1. The molecule has 1 aliphatic rings. The number of likely N-dealkylation sites (tertiary alicyclic amines) is 1. The highest BCUT2D eigenvalue weighted by atomic mass is 16.4. The number of amides is 1. The van der Waals surface area contributed by atoms with Crippen LogP contribution in [0.5, 0.6) is 0 Å². The SMILES string of the molecule is O=C(c1ccc(=O)[nH]c1)N1CCC(c2nnc(-c3ccoc3)o2)CC1. The first-order valence-corrected chi connectivity index (χ1v) is 8.05. The van der Waals surface area contributed by atoms with Crippen LogP contribution in [-0.4, -0.2) is 39.1 Å². The van der Waals surface area contributed by atoms with E-state index in [1.807, 2.05) is 0 Å². The molecule has 1 amide bonds. The molecule has 0 spiro atoms. The van der Waals surface area contributed by atoms with Gasteiger partial charge in [-0.3, -0.25) is 9.59 Å². The molecule has 0 aromatic carbocycles. The second-order valence-corrected chi connectivity index (χ2v) is 5.97. The van der Waals surface area contributed by atoms with Crippen molar-refractivity contribution in [3.63, 3.8) is 0 Å². The lowest BCUT2D eigenvalue weighted by Crippen LogP contribution is -2.38. The number of nitrogens with one attached hydrogen (secondary N) is 1. The highest BCUT2D eigenvalue weighted by molar-refractivity contribution is 5.93. The summed E-state index contributed by atoms with van der Waals surface area (Å²) >= 11 is 0. The van der Waals surface area contributed by atoms with E-state index in [4.69, 9.17) is 8.83 Å². The summed E-state index contributed by atoms with van der Waals surface area (Å²) in [5.74, 6) is 1.08.